The Hall–Kier alpha value is -4.37. The van der Waals surface area contributed by atoms with Crippen molar-refractivity contribution < 1.29 is 4.79 Å². The largest absolute Gasteiger partial charge is 0.365 e. The molecule has 4 rings (SSSR count). The Balaban J connectivity index is 1.59. The van der Waals surface area contributed by atoms with E-state index in [9.17, 15) is 4.79 Å². The van der Waals surface area contributed by atoms with Gasteiger partial charge in [0.15, 0.2) is 5.82 Å². The summed E-state index contributed by atoms with van der Waals surface area (Å²) in [5.41, 5.74) is 13.4. The van der Waals surface area contributed by atoms with Crippen LogP contribution >= 0.6 is 0 Å². The van der Waals surface area contributed by atoms with Crippen LogP contribution in [0.1, 0.15) is 30.1 Å². The zero-order chi connectivity index (χ0) is 24.7. The minimum atomic E-state index is -0.635. The van der Waals surface area contributed by atoms with Gasteiger partial charge in [-0.05, 0) is 38.0 Å². The van der Waals surface area contributed by atoms with Crippen molar-refractivity contribution in [3.63, 3.8) is 0 Å². The number of hydrogen-bond donors (Lipinski definition) is 4. The lowest BCUT2D eigenvalue weighted by Gasteiger charge is -2.22. The summed E-state index contributed by atoms with van der Waals surface area (Å²) in [4.78, 5) is 29.5. The Labute approximate surface area is 204 Å². The topological polar surface area (TPSA) is 145 Å². The van der Waals surface area contributed by atoms with Crippen LogP contribution in [-0.2, 0) is 0 Å². The van der Waals surface area contributed by atoms with Gasteiger partial charge in [-0.3, -0.25) is 4.79 Å². The quantitative estimate of drug-likeness (QED) is 0.329. The van der Waals surface area contributed by atoms with Gasteiger partial charge >= 0.3 is 0 Å². The summed E-state index contributed by atoms with van der Waals surface area (Å²) in [6.07, 6.45) is 18.3. The second kappa shape index (κ2) is 10.7. The third kappa shape index (κ3) is 6.15. The van der Waals surface area contributed by atoms with Gasteiger partial charge in [0.25, 0.3) is 5.91 Å². The van der Waals surface area contributed by atoms with Gasteiger partial charge in [0.1, 0.15) is 11.4 Å². The van der Waals surface area contributed by atoms with Crippen LogP contribution in [0.15, 0.2) is 85.4 Å². The van der Waals surface area contributed by atoms with Crippen molar-refractivity contribution in [3.8, 4) is 11.4 Å². The van der Waals surface area contributed by atoms with Gasteiger partial charge in [-0.15, -0.1) is 0 Å². The molecule has 1 amide bonds. The van der Waals surface area contributed by atoms with Crippen LogP contribution in [0.25, 0.3) is 11.4 Å². The third-order valence-electron chi connectivity index (χ3n) is 5.56. The summed E-state index contributed by atoms with van der Waals surface area (Å²) < 4.78 is 0. The van der Waals surface area contributed by atoms with E-state index < -0.39 is 5.91 Å². The van der Waals surface area contributed by atoms with E-state index in [2.05, 4.69) is 30.6 Å². The van der Waals surface area contributed by atoms with Crippen molar-refractivity contribution in [1.82, 2.24) is 19.9 Å². The number of nitrogens with zero attached hydrogens (tertiary/aromatic N) is 4. The Morgan fingerprint density at radius 2 is 1.86 bits per heavy atom. The first-order chi connectivity index (χ1) is 17.0. The Morgan fingerprint density at radius 1 is 1.09 bits per heavy atom. The molecular formula is C26H28N8O. The summed E-state index contributed by atoms with van der Waals surface area (Å²) in [7, 11) is 0. The number of amides is 1. The molecule has 2 aromatic heterocycles. The van der Waals surface area contributed by atoms with Crippen LogP contribution in [0.2, 0.25) is 0 Å². The zero-order valence-corrected chi connectivity index (χ0v) is 19.4. The zero-order valence-electron chi connectivity index (χ0n) is 19.4. The number of nitrogens with two attached hydrogens (primary N) is 2. The Kier molecular flexibility index (Phi) is 7.27. The first-order valence-electron chi connectivity index (χ1n) is 11.3. The second-order valence-electron chi connectivity index (χ2n) is 8.25. The monoisotopic (exact) mass is 468 g/mol. The van der Waals surface area contributed by atoms with Crippen molar-refractivity contribution in [2.24, 2.45) is 11.5 Å². The molecule has 9 heteroatoms. The Morgan fingerprint density at radius 3 is 2.57 bits per heavy atom. The molecule has 1 atom stereocenters. The molecule has 0 radical (unpaired) electrons. The predicted octanol–water partition coefficient (Wildman–Crippen LogP) is 3.74. The molecule has 0 spiro atoms. The van der Waals surface area contributed by atoms with Crippen LogP contribution in [0.3, 0.4) is 0 Å². The van der Waals surface area contributed by atoms with Gasteiger partial charge in [0, 0.05) is 35.4 Å². The molecule has 1 fully saturated rings. The van der Waals surface area contributed by atoms with Gasteiger partial charge in [-0.25, -0.2) is 15.0 Å². The van der Waals surface area contributed by atoms with Crippen molar-refractivity contribution in [2.45, 2.75) is 31.3 Å². The fourth-order valence-corrected chi connectivity index (χ4v) is 3.44. The molecule has 1 saturated carbocycles. The smallest absolute Gasteiger partial charge is 0.254 e. The first-order valence-corrected chi connectivity index (χ1v) is 11.3. The van der Waals surface area contributed by atoms with E-state index in [-0.39, 0.29) is 17.1 Å². The number of carbonyl (C=O) groups excluding carboxylic acids is 1. The minimum Gasteiger partial charge on any atom is -0.365 e. The maximum absolute atomic E-state index is 12.0. The van der Waals surface area contributed by atoms with E-state index in [1.165, 1.54) is 6.20 Å². The number of hydrogen-bond acceptors (Lipinski definition) is 8. The molecule has 1 aliphatic carbocycles. The lowest BCUT2D eigenvalue weighted by atomic mass is 10.1. The summed E-state index contributed by atoms with van der Waals surface area (Å²) in [6.45, 7) is 1.96. The van der Waals surface area contributed by atoms with Gasteiger partial charge in [0.2, 0.25) is 5.95 Å². The number of primary amides is 1. The summed E-state index contributed by atoms with van der Waals surface area (Å²) >= 11 is 0. The second-order valence-corrected chi connectivity index (χ2v) is 8.25. The average molecular weight is 469 g/mol. The first kappa shape index (κ1) is 23.8. The molecule has 3 aromatic rings. The number of benzene rings is 1. The van der Waals surface area contributed by atoms with E-state index in [1.54, 1.807) is 18.5 Å². The van der Waals surface area contributed by atoms with Crippen LogP contribution in [0.5, 0.6) is 0 Å². The van der Waals surface area contributed by atoms with E-state index in [1.807, 2.05) is 67.6 Å². The summed E-state index contributed by atoms with van der Waals surface area (Å²) in [5, 5.41) is 6.49. The average Bonchev–Trinajstić information content (AvgIpc) is 3.62. The van der Waals surface area contributed by atoms with Crippen molar-refractivity contribution >= 4 is 23.4 Å². The normalized spacial score (nSPS) is 15.5. The molecule has 0 aliphatic heterocycles. The highest BCUT2D eigenvalue weighted by Gasteiger charge is 2.45. The molecule has 178 valence electrons. The lowest BCUT2D eigenvalue weighted by molar-refractivity contribution is 0.100. The minimum absolute atomic E-state index is 0.173. The number of anilines is 3. The SMILES string of the molecule is C\C=C/C=C\C=C\[C@@H](Nc1ncc(C(N)=O)c(Nc2cccc(-c3ncccn3)c2)n1)C1(N)CC1. The van der Waals surface area contributed by atoms with E-state index in [0.717, 1.165) is 18.4 Å². The van der Waals surface area contributed by atoms with Gasteiger partial charge in [-0.2, -0.15) is 4.98 Å². The fraction of sp³-hybridized carbons (Fsp3) is 0.192. The van der Waals surface area contributed by atoms with Gasteiger partial charge < -0.3 is 22.1 Å². The highest BCUT2D eigenvalue weighted by Crippen LogP contribution is 2.37. The maximum atomic E-state index is 12.0. The number of carbonyl (C=O) groups is 1. The number of nitrogens with one attached hydrogen (secondary N) is 2. The van der Waals surface area contributed by atoms with Crippen molar-refractivity contribution in [1.29, 1.82) is 0 Å². The Bertz CT molecular complexity index is 1270. The highest BCUT2D eigenvalue weighted by molar-refractivity contribution is 5.98. The summed E-state index contributed by atoms with van der Waals surface area (Å²) in [5.74, 6) is 0.583. The van der Waals surface area contributed by atoms with Crippen LogP contribution in [0.4, 0.5) is 17.5 Å². The van der Waals surface area contributed by atoms with Crippen LogP contribution in [0, 0.1) is 0 Å². The van der Waals surface area contributed by atoms with E-state index in [4.69, 9.17) is 11.5 Å². The molecule has 6 N–H and O–H groups in total. The number of aromatic nitrogens is 4. The fourth-order valence-electron chi connectivity index (χ4n) is 3.44. The van der Waals surface area contributed by atoms with E-state index in [0.29, 0.717) is 23.3 Å². The third-order valence-corrected chi connectivity index (χ3v) is 5.56. The van der Waals surface area contributed by atoms with Gasteiger partial charge in [0.05, 0.1) is 6.04 Å². The van der Waals surface area contributed by atoms with Crippen molar-refractivity contribution in [2.75, 3.05) is 10.6 Å². The molecular weight excluding hydrogens is 440 g/mol. The van der Waals surface area contributed by atoms with Crippen LogP contribution < -0.4 is 22.1 Å². The molecule has 1 aromatic carbocycles. The highest BCUT2D eigenvalue weighted by atomic mass is 16.1. The molecule has 0 saturated heterocycles. The molecule has 2 heterocycles. The standard InChI is InChI=1S/C26H28N8O/c1-2-3-4-5-6-11-21(26(28)12-13-26)33-25-31-17-20(22(27)35)24(34-25)32-19-10-7-9-18(16-19)23-29-14-8-15-30-23/h2-11,14-17,21H,12-13,28H2,1H3,(H2,27,35)(H2,31,32,33,34)/b3-2-,5-4-,11-6+/t21-/m1/s1. The summed E-state index contributed by atoms with van der Waals surface area (Å²) in [6, 6.07) is 9.08. The van der Waals surface area contributed by atoms with Gasteiger partial charge in [-0.1, -0.05) is 48.6 Å². The molecule has 35 heavy (non-hydrogen) atoms. The number of rotatable bonds is 10. The molecule has 1 aliphatic rings. The molecule has 9 nitrogen and oxygen atoms in total. The van der Waals surface area contributed by atoms with Crippen LogP contribution in [-0.4, -0.2) is 37.4 Å². The molecule has 0 unspecified atom stereocenters. The lowest BCUT2D eigenvalue weighted by Crippen LogP contribution is -2.41. The number of allylic oxidation sites excluding steroid dienone is 5. The molecule has 0 bridgehead atoms. The maximum Gasteiger partial charge on any atom is 0.254 e. The van der Waals surface area contributed by atoms with Crippen molar-refractivity contribution in [3.05, 3.63) is 90.9 Å². The van der Waals surface area contributed by atoms with E-state index >= 15 is 0 Å². The predicted molar refractivity (Wildman–Crippen MR) is 138 cm³/mol.